The summed E-state index contributed by atoms with van der Waals surface area (Å²) in [4.78, 5) is 4.18. The van der Waals surface area contributed by atoms with Crippen LogP contribution in [0, 0.1) is 17.1 Å². The van der Waals surface area contributed by atoms with Crippen LogP contribution in [0.5, 0.6) is 5.75 Å². The molecular weight excluding hydrogens is 330 g/mol. The zero-order valence-corrected chi connectivity index (χ0v) is 13.1. The summed E-state index contributed by atoms with van der Waals surface area (Å²) in [7, 11) is 0. The lowest BCUT2D eigenvalue weighted by Gasteiger charge is -2.07. The summed E-state index contributed by atoms with van der Waals surface area (Å²) in [5, 5.41) is 16.4. The molecule has 2 heterocycles. The summed E-state index contributed by atoms with van der Waals surface area (Å²) in [6.07, 6.45) is 0.137. The Morgan fingerprint density at radius 1 is 1.28 bits per heavy atom. The molecule has 0 N–H and O–H groups in total. The first-order valence-corrected chi connectivity index (χ1v) is 7.32. The molecule has 25 heavy (non-hydrogen) atoms. The van der Waals surface area contributed by atoms with Crippen molar-refractivity contribution in [3.8, 4) is 23.3 Å². The van der Waals surface area contributed by atoms with E-state index in [-0.39, 0.29) is 29.7 Å². The summed E-state index contributed by atoms with van der Waals surface area (Å²) in [5.74, 6) is -0.285. The van der Waals surface area contributed by atoms with Crippen LogP contribution >= 0.6 is 0 Å². The van der Waals surface area contributed by atoms with E-state index in [1.165, 1.54) is 25.3 Å². The highest BCUT2D eigenvalue weighted by atomic mass is 19.1. The van der Waals surface area contributed by atoms with Crippen molar-refractivity contribution in [2.24, 2.45) is 0 Å². The summed E-state index contributed by atoms with van der Waals surface area (Å²) in [6, 6.07) is 8.94. The predicted octanol–water partition coefficient (Wildman–Crippen LogP) is 3.75. The smallest absolute Gasteiger partial charge is 0.250 e. The highest BCUT2D eigenvalue weighted by molar-refractivity contribution is 5.50. The van der Waals surface area contributed by atoms with Crippen molar-refractivity contribution in [3.63, 3.8) is 0 Å². The van der Waals surface area contributed by atoms with Gasteiger partial charge in [-0.05, 0) is 31.2 Å². The van der Waals surface area contributed by atoms with Crippen LogP contribution in [0.25, 0.3) is 11.5 Å². The lowest BCUT2D eigenvalue weighted by Crippen LogP contribution is -2.00. The maximum Gasteiger partial charge on any atom is 0.250 e. The molecule has 0 amide bonds. The minimum absolute atomic E-state index is 0.0506. The Morgan fingerprint density at radius 3 is 2.76 bits per heavy atom. The summed E-state index contributed by atoms with van der Waals surface area (Å²) in [5.41, 5.74) is 1.32. The third-order valence-electron chi connectivity index (χ3n) is 3.29. The number of hydrogen-bond acceptors (Lipinski definition) is 6. The van der Waals surface area contributed by atoms with Crippen molar-refractivity contribution in [2.75, 3.05) is 0 Å². The van der Waals surface area contributed by atoms with Crippen LogP contribution in [0.1, 0.15) is 30.2 Å². The molecule has 2 aromatic heterocycles. The van der Waals surface area contributed by atoms with Gasteiger partial charge >= 0.3 is 0 Å². The normalized spacial score (nSPS) is 11.8. The average Bonchev–Trinajstić information content (AvgIpc) is 3.11. The number of benzene rings is 1. The van der Waals surface area contributed by atoms with Crippen molar-refractivity contribution in [1.82, 2.24) is 15.2 Å². The number of pyridine rings is 1. The van der Waals surface area contributed by atoms with Crippen molar-refractivity contribution in [3.05, 3.63) is 59.5 Å². The minimum atomic E-state index is -1.34. The lowest BCUT2D eigenvalue weighted by atomic mass is 10.2. The van der Waals surface area contributed by atoms with Crippen LogP contribution < -0.4 is 4.74 Å². The standard InChI is InChI=1S/C17H12F2N4O2/c1-10(18)16-22-23-17(25-16)12-3-5-14(21-8-12)9-24-15-6-13(19)4-2-11(15)7-20/h2-6,8,10H,9H2,1H3. The first-order valence-electron chi connectivity index (χ1n) is 7.32. The van der Waals surface area contributed by atoms with E-state index in [2.05, 4.69) is 15.2 Å². The van der Waals surface area contributed by atoms with E-state index in [0.717, 1.165) is 6.07 Å². The molecule has 0 aliphatic rings. The van der Waals surface area contributed by atoms with Crippen LogP contribution in [-0.2, 0) is 6.61 Å². The Kier molecular flexibility index (Phi) is 4.66. The molecule has 0 saturated carbocycles. The van der Waals surface area contributed by atoms with E-state index < -0.39 is 12.0 Å². The zero-order valence-electron chi connectivity index (χ0n) is 13.1. The van der Waals surface area contributed by atoms with Gasteiger partial charge in [-0.15, -0.1) is 10.2 Å². The number of halogens is 2. The molecule has 1 unspecified atom stereocenters. The van der Waals surface area contributed by atoms with Crippen molar-refractivity contribution in [1.29, 1.82) is 5.26 Å². The highest BCUT2D eigenvalue weighted by Crippen LogP contribution is 2.23. The summed E-state index contributed by atoms with van der Waals surface area (Å²) < 4.78 is 37.0. The number of hydrogen-bond donors (Lipinski definition) is 0. The summed E-state index contributed by atoms with van der Waals surface area (Å²) >= 11 is 0. The van der Waals surface area contributed by atoms with Gasteiger partial charge in [-0.2, -0.15) is 5.26 Å². The average molecular weight is 342 g/mol. The van der Waals surface area contributed by atoms with Gasteiger partial charge in [-0.1, -0.05) is 0 Å². The summed E-state index contributed by atoms with van der Waals surface area (Å²) in [6.45, 7) is 1.35. The number of nitrogens with zero attached hydrogens (tertiary/aromatic N) is 4. The first kappa shape index (κ1) is 16.5. The molecule has 126 valence electrons. The third kappa shape index (κ3) is 3.77. The van der Waals surface area contributed by atoms with Gasteiger partial charge in [0.1, 0.15) is 24.2 Å². The largest absolute Gasteiger partial charge is 0.486 e. The fourth-order valence-electron chi connectivity index (χ4n) is 2.01. The van der Waals surface area contributed by atoms with E-state index in [4.69, 9.17) is 14.4 Å². The van der Waals surface area contributed by atoms with E-state index >= 15 is 0 Å². The van der Waals surface area contributed by atoms with E-state index in [0.29, 0.717) is 11.3 Å². The molecule has 0 fully saturated rings. The maximum absolute atomic E-state index is 13.3. The van der Waals surface area contributed by atoms with E-state index in [1.54, 1.807) is 12.1 Å². The van der Waals surface area contributed by atoms with Gasteiger partial charge in [0, 0.05) is 12.3 Å². The highest BCUT2D eigenvalue weighted by Gasteiger charge is 2.14. The van der Waals surface area contributed by atoms with Crippen LogP contribution in [0.15, 0.2) is 40.9 Å². The molecule has 3 rings (SSSR count). The maximum atomic E-state index is 13.3. The minimum Gasteiger partial charge on any atom is -0.486 e. The topological polar surface area (TPSA) is 84.8 Å². The first-order chi connectivity index (χ1) is 12.1. The number of alkyl halides is 1. The van der Waals surface area contributed by atoms with Crippen LogP contribution in [0.3, 0.4) is 0 Å². The molecule has 0 saturated heterocycles. The second-order valence-corrected chi connectivity index (χ2v) is 5.14. The Bertz CT molecular complexity index is 917. The monoisotopic (exact) mass is 342 g/mol. The Morgan fingerprint density at radius 2 is 2.12 bits per heavy atom. The zero-order chi connectivity index (χ0) is 17.8. The van der Waals surface area contributed by atoms with Gasteiger partial charge in [-0.3, -0.25) is 4.98 Å². The fourth-order valence-corrected chi connectivity index (χ4v) is 2.01. The molecule has 3 aromatic rings. The van der Waals surface area contributed by atoms with Crippen LogP contribution in [-0.4, -0.2) is 15.2 Å². The fraction of sp³-hybridized carbons (Fsp3) is 0.176. The molecule has 8 heteroatoms. The van der Waals surface area contributed by atoms with Crippen molar-refractivity contribution >= 4 is 0 Å². The van der Waals surface area contributed by atoms with Crippen molar-refractivity contribution in [2.45, 2.75) is 19.7 Å². The second-order valence-electron chi connectivity index (χ2n) is 5.14. The van der Waals surface area contributed by atoms with Gasteiger partial charge in [0.15, 0.2) is 6.17 Å². The predicted molar refractivity (Wildman–Crippen MR) is 82.5 cm³/mol. The molecule has 0 radical (unpaired) electrons. The Labute approximate surface area is 141 Å². The molecule has 0 aliphatic carbocycles. The van der Waals surface area contributed by atoms with Gasteiger partial charge in [0.25, 0.3) is 5.89 Å². The van der Waals surface area contributed by atoms with E-state index in [9.17, 15) is 8.78 Å². The van der Waals surface area contributed by atoms with Crippen LogP contribution in [0.2, 0.25) is 0 Å². The Balaban J connectivity index is 1.71. The molecule has 0 aliphatic heterocycles. The van der Waals surface area contributed by atoms with Gasteiger partial charge in [0.05, 0.1) is 16.8 Å². The number of aromatic nitrogens is 3. The van der Waals surface area contributed by atoms with Crippen LogP contribution in [0.4, 0.5) is 8.78 Å². The molecule has 1 atom stereocenters. The Hall–Kier alpha value is -3.34. The molecule has 1 aromatic carbocycles. The number of ether oxygens (including phenoxy) is 1. The number of rotatable bonds is 5. The molecular formula is C17H12F2N4O2. The van der Waals surface area contributed by atoms with Gasteiger partial charge < -0.3 is 9.15 Å². The van der Waals surface area contributed by atoms with Gasteiger partial charge in [0.2, 0.25) is 5.89 Å². The molecule has 6 nitrogen and oxygen atoms in total. The number of nitriles is 1. The quantitative estimate of drug-likeness (QED) is 0.702. The second kappa shape index (κ2) is 7.05. The van der Waals surface area contributed by atoms with Gasteiger partial charge in [-0.25, -0.2) is 8.78 Å². The van der Waals surface area contributed by atoms with E-state index in [1.807, 2.05) is 6.07 Å². The van der Waals surface area contributed by atoms with Crippen molar-refractivity contribution < 1.29 is 17.9 Å². The third-order valence-corrected chi connectivity index (χ3v) is 3.29. The SMILES string of the molecule is CC(F)c1nnc(-c2ccc(COc3cc(F)ccc3C#N)nc2)o1. The molecule has 0 spiro atoms. The lowest BCUT2D eigenvalue weighted by molar-refractivity contribution is 0.298. The molecule has 0 bridgehead atoms.